The Morgan fingerprint density at radius 2 is 1.71 bits per heavy atom. The van der Waals surface area contributed by atoms with Gasteiger partial charge < -0.3 is 24.8 Å². The van der Waals surface area contributed by atoms with E-state index in [1.165, 1.54) is 7.11 Å². The van der Waals surface area contributed by atoms with Crippen LogP contribution < -0.4 is 5.32 Å². The van der Waals surface area contributed by atoms with Crippen molar-refractivity contribution in [2.45, 2.75) is 37.8 Å². The molecule has 2 aliphatic rings. The number of aliphatic carboxylic acids is 1. The van der Waals surface area contributed by atoms with Crippen molar-refractivity contribution in [1.29, 1.82) is 0 Å². The highest BCUT2D eigenvalue weighted by molar-refractivity contribution is 5.83. The number of piperidine rings is 1. The van der Waals surface area contributed by atoms with Crippen molar-refractivity contribution in [3.8, 4) is 11.1 Å². The molecule has 3 atom stereocenters. The summed E-state index contributed by atoms with van der Waals surface area (Å²) in [6, 6.07) is 16.0. The van der Waals surface area contributed by atoms with Crippen LogP contribution in [0.15, 0.2) is 48.5 Å². The van der Waals surface area contributed by atoms with E-state index in [4.69, 9.17) is 9.47 Å². The molecule has 8 heteroatoms. The number of hydrogen-bond acceptors (Lipinski definition) is 5. The molecule has 0 saturated carbocycles. The Labute approximate surface area is 198 Å². The van der Waals surface area contributed by atoms with Crippen molar-refractivity contribution < 1.29 is 29.0 Å². The lowest BCUT2D eigenvalue weighted by Crippen LogP contribution is -2.52. The van der Waals surface area contributed by atoms with Gasteiger partial charge in [-0.2, -0.15) is 0 Å². The zero-order valence-corrected chi connectivity index (χ0v) is 19.4. The normalized spacial score (nSPS) is 20.2. The molecule has 0 spiro atoms. The first-order valence-electron chi connectivity index (χ1n) is 11.6. The summed E-state index contributed by atoms with van der Waals surface area (Å²) in [4.78, 5) is 38.3. The van der Waals surface area contributed by atoms with Gasteiger partial charge >= 0.3 is 12.1 Å². The number of hydrogen-bond donors (Lipinski definition) is 2. The average Bonchev–Trinajstić information content (AvgIpc) is 3.16. The molecule has 1 unspecified atom stereocenters. The van der Waals surface area contributed by atoms with E-state index in [0.29, 0.717) is 19.4 Å². The number of fused-ring (bicyclic) bond motifs is 3. The number of likely N-dealkylation sites (tertiary alicyclic amines) is 1. The third kappa shape index (κ3) is 4.77. The maximum absolute atomic E-state index is 12.9. The molecule has 0 radical (unpaired) electrons. The maximum atomic E-state index is 12.9. The van der Waals surface area contributed by atoms with Gasteiger partial charge in [-0.3, -0.25) is 9.59 Å². The Kier molecular flexibility index (Phi) is 7.17. The van der Waals surface area contributed by atoms with Crippen molar-refractivity contribution in [2.24, 2.45) is 5.92 Å². The fourth-order valence-electron chi connectivity index (χ4n) is 5.01. The van der Waals surface area contributed by atoms with E-state index in [-0.39, 0.29) is 31.0 Å². The predicted molar refractivity (Wildman–Crippen MR) is 125 cm³/mol. The minimum Gasteiger partial charge on any atom is -0.481 e. The summed E-state index contributed by atoms with van der Waals surface area (Å²) in [5, 5.41) is 11.9. The Hall–Kier alpha value is -3.39. The number of methoxy groups -OCH3 is 1. The molecule has 2 aromatic rings. The fourth-order valence-corrected chi connectivity index (χ4v) is 5.01. The van der Waals surface area contributed by atoms with Gasteiger partial charge in [0.15, 0.2) is 6.10 Å². The second kappa shape index (κ2) is 10.3. The van der Waals surface area contributed by atoms with Gasteiger partial charge in [0, 0.05) is 25.6 Å². The van der Waals surface area contributed by atoms with Gasteiger partial charge in [-0.1, -0.05) is 48.5 Å². The van der Waals surface area contributed by atoms with Crippen LogP contribution in [0.1, 0.15) is 36.8 Å². The molecular formula is C26H30N2O6. The van der Waals surface area contributed by atoms with E-state index in [0.717, 1.165) is 22.3 Å². The highest BCUT2D eigenvalue weighted by Gasteiger charge is 2.35. The van der Waals surface area contributed by atoms with Crippen molar-refractivity contribution in [1.82, 2.24) is 10.2 Å². The first kappa shape index (κ1) is 23.8. The van der Waals surface area contributed by atoms with Gasteiger partial charge in [0.2, 0.25) is 0 Å². The molecule has 1 fully saturated rings. The van der Waals surface area contributed by atoms with Crippen molar-refractivity contribution in [3.63, 3.8) is 0 Å². The van der Waals surface area contributed by atoms with Crippen LogP contribution in [-0.2, 0) is 19.1 Å². The zero-order valence-electron chi connectivity index (χ0n) is 19.4. The summed E-state index contributed by atoms with van der Waals surface area (Å²) in [5.74, 6) is -1.59. The lowest BCUT2D eigenvalue weighted by atomic mass is 9.91. The predicted octanol–water partition coefficient (Wildman–Crippen LogP) is 3.25. The van der Waals surface area contributed by atoms with Gasteiger partial charge in [0.1, 0.15) is 6.61 Å². The third-order valence-corrected chi connectivity index (χ3v) is 6.84. The lowest BCUT2D eigenvalue weighted by Gasteiger charge is -2.37. The van der Waals surface area contributed by atoms with Crippen LogP contribution in [-0.4, -0.2) is 66.9 Å². The summed E-state index contributed by atoms with van der Waals surface area (Å²) in [5.41, 5.74) is 4.55. The quantitative estimate of drug-likeness (QED) is 0.649. The smallest absolute Gasteiger partial charge is 0.407 e. The van der Waals surface area contributed by atoms with Crippen LogP contribution >= 0.6 is 0 Å². The molecule has 180 valence electrons. The van der Waals surface area contributed by atoms with Crippen molar-refractivity contribution >= 4 is 18.0 Å². The maximum Gasteiger partial charge on any atom is 0.407 e. The van der Waals surface area contributed by atoms with E-state index in [9.17, 15) is 19.5 Å². The van der Waals surface area contributed by atoms with Gasteiger partial charge in [0.05, 0.1) is 12.5 Å². The number of carboxylic acids is 1. The number of benzene rings is 2. The highest BCUT2D eigenvalue weighted by Crippen LogP contribution is 2.44. The molecule has 0 aromatic heterocycles. The van der Waals surface area contributed by atoms with E-state index in [2.05, 4.69) is 29.6 Å². The SMILES string of the molecule is COC(CNC(=O)OCC1c2ccccc2-c2ccccc21)C(=O)N1CC[C@H](C(=O)O)C[C@@H]1C. The summed E-state index contributed by atoms with van der Waals surface area (Å²) in [6.07, 6.45) is -0.683. The largest absolute Gasteiger partial charge is 0.481 e. The fraction of sp³-hybridized carbons (Fsp3) is 0.423. The molecule has 8 nitrogen and oxygen atoms in total. The second-order valence-electron chi connectivity index (χ2n) is 8.87. The molecule has 1 aliphatic carbocycles. The van der Waals surface area contributed by atoms with Crippen LogP contribution in [0.25, 0.3) is 11.1 Å². The number of amides is 2. The van der Waals surface area contributed by atoms with E-state index in [1.54, 1.807) is 4.90 Å². The number of carbonyl (C=O) groups is 3. The molecular weight excluding hydrogens is 436 g/mol. The molecule has 2 amide bonds. The number of carboxylic acid groups (broad SMARTS) is 1. The van der Waals surface area contributed by atoms with Gasteiger partial charge in [-0.15, -0.1) is 0 Å². The third-order valence-electron chi connectivity index (χ3n) is 6.84. The number of carbonyl (C=O) groups excluding carboxylic acids is 2. The van der Waals surface area contributed by atoms with E-state index in [1.807, 2.05) is 31.2 Å². The summed E-state index contributed by atoms with van der Waals surface area (Å²) in [7, 11) is 1.41. The lowest BCUT2D eigenvalue weighted by molar-refractivity contribution is -0.151. The Bertz CT molecular complexity index is 1030. The second-order valence-corrected chi connectivity index (χ2v) is 8.87. The van der Waals surface area contributed by atoms with Crippen LogP contribution in [0.2, 0.25) is 0 Å². The minimum absolute atomic E-state index is 0.0302. The number of nitrogens with zero attached hydrogens (tertiary/aromatic N) is 1. The van der Waals surface area contributed by atoms with E-state index < -0.39 is 24.1 Å². The van der Waals surface area contributed by atoms with Crippen LogP contribution in [0.4, 0.5) is 4.79 Å². The number of alkyl carbamates (subject to hydrolysis) is 1. The van der Waals surface area contributed by atoms with Crippen molar-refractivity contribution in [3.05, 3.63) is 59.7 Å². The van der Waals surface area contributed by atoms with Gasteiger partial charge in [0.25, 0.3) is 5.91 Å². The van der Waals surface area contributed by atoms with Crippen LogP contribution in [0, 0.1) is 5.92 Å². The molecule has 1 heterocycles. The Morgan fingerprint density at radius 3 is 2.26 bits per heavy atom. The van der Waals surface area contributed by atoms with Crippen molar-refractivity contribution in [2.75, 3.05) is 26.8 Å². The first-order chi connectivity index (χ1) is 16.4. The molecule has 1 saturated heterocycles. The van der Waals surface area contributed by atoms with Gasteiger partial charge in [-0.25, -0.2) is 4.79 Å². The van der Waals surface area contributed by atoms with E-state index >= 15 is 0 Å². The molecule has 2 N–H and O–H groups in total. The minimum atomic E-state index is -0.871. The first-order valence-corrected chi connectivity index (χ1v) is 11.6. The number of rotatable bonds is 7. The summed E-state index contributed by atoms with van der Waals surface area (Å²) < 4.78 is 10.9. The summed E-state index contributed by atoms with van der Waals surface area (Å²) >= 11 is 0. The molecule has 2 aromatic carbocycles. The highest BCUT2D eigenvalue weighted by atomic mass is 16.5. The molecule has 4 rings (SSSR count). The zero-order chi connectivity index (χ0) is 24.2. The van der Waals surface area contributed by atoms with Gasteiger partial charge in [-0.05, 0) is 42.0 Å². The molecule has 1 aliphatic heterocycles. The summed E-state index contributed by atoms with van der Waals surface area (Å²) in [6.45, 7) is 2.34. The topological polar surface area (TPSA) is 105 Å². The number of ether oxygens (including phenoxy) is 2. The van der Waals surface area contributed by atoms with Crippen LogP contribution in [0.3, 0.4) is 0 Å². The molecule has 0 bridgehead atoms. The average molecular weight is 467 g/mol. The Morgan fingerprint density at radius 1 is 1.09 bits per heavy atom. The van der Waals surface area contributed by atoms with Crippen LogP contribution in [0.5, 0.6) is 0 Å². The molecule has 34 heavy (non-hydrogen) atoms. The Balaban J connectivity index is 1.31. The number of nitrogens with one attached hydrogen (secondary N) is 1. The monoisotopic (exact) mass is 466 g/mol. The standard InChI is InChI=1S/C26H30N2O6/c1-16-13-17(25(30)31)11-12-28(16)24(29)23(33-2)14-27-26(32)34-15-22-20-9-5-3-7-18(20)19-8-4-6-10-21(19)22/h3-10,16-17,22-23H,11-15H2,1-2H3,(H,27,32)(H,30,31)/t16-,17-,23?/m0/s1.